The molecule has 19 heavy (non-hydrogen) atoms. The van der Waals surface area contributed by atoms with Crippen LogP contribution in [0.4, 0.5) is 11.6 Å². The molecule has 0 amide bonds. The van der Waals surface area contributed by atoms with Crippen LogP contribution < -0.4 is 11.1 Å². The van der Waals surface area contributed by atoms with Gasteiger partial charge in [-0.25, -0.2) is 9.97 Å². The zero-order chi connectivity index (χ0) is 14.3. The molecule has 0 bridgehead atoms. The average molecular weight is 265 g/mol. The van der Waals surface area contributed by atoms with E-state index in [1.807, 2.05) is 6.92 Å². The Morgan fingerprint density at radius 2 is 2.00 bits per heavy atom. The second kappa shape index (κ2) is 7.94. The normalized spacial score (nSPS) is 12.7. The van der Waals surface area contributed by atoms with E-state index in [9.17, 15) is 0 Å². The van der Waals surface area contributed by atoms with E-state index in [1.54, 1.807) is 6.07 Å². The summed E-state index contributed by atoms with van der Waals surface area (Å²) in [5.74, 6) is 2.04. The lowest BCUT2D eigenvalue weighted by molar-refractivity contribution is 0.295. The smallest absolute Gasteiger partial charge is 0.131 e. The molecule has 1 unspecified atom stereocenters. The largest absolute Gasteiger partial charge is 0.384 e. The number of hydrogen-bond donors (Lipinski definition) is 2. The highest BCUT2D eigenvalue weighted by Gasteiger charge is 2.06. The Kier molecular flexibility index (Phi) is 6.56. The van der Waals surface area contributed by atoms with Crippen LogP contribution in [0.25, 0.3) is 0 Å². The molecule has 0 aromatic carbocycles. The molecule has 0 aliphatic rings. The van der Waals surface area contributed by atoms with Crippen LogP contribution in [0.5, 0.6) is 0 Å². The van der Waals surface area contributed by atoms with Gasteiger partial charge in [-0.2, -0.15) is 0 Å². The second-order valence-corrected chi connectivity index (χ2v) is 4.94. The summed E-state index contributed by atoms with van der Waals surface area (Å²) in [5, 5.41) is 3.38. The fourth-order valence-corrected chi connectivity index (χ4v) is 2.15. The van der Waals surface area contributed by atoms with Gasteiger partial charge in [-0.1, -0.05) is 13.8 Å². The zero-order valence-corrected chi connectivity index (χ0v) is 12.6. The molecule has 0 spiro atoms. The number of rotatable bonds is 8. The third kappa shape index (κ3) is 5.87. The average Bonchev–Trinajstić information content (AvgIpc) is 2.33. The van der Waals surface area contributed by atoms with E-state index in [-0.39, 0.29) is 0 Å². The number of aromatic nitrogens is 2. The van der Waals surface area contributed by atoms with Crippen LogP contribution in [0.1, 0.15) is 39.4 Å². The molecule has 1 rings (SSSR count). The van der Waals surface area contributed by atoms with Gasteiger partial charge in [-0.05, 0) is 46.3 Å². The van der Waals surface area contributed by atoms with Crippen LogP contribution >= 0.6 is 0 Å². The van der Waals surface area contributed by atoms with Gasteiger partial charge in [0, 0.05) is 12.1 Å². The summed E-state index contributed by atoms with van der Waals surface area (Å²) < 4.78 is 0. The number of nitrogens with one attached hydrogen (secondary N) is 1. The van der Waals surface area contributed by atoms with Gasteiger partial charge in [0.15, 0.2) is 0 Å². The highest BCUT2D eigenvalue weighted by atomic mass is 15.1. The van der Waals surface area contributed by atoms with Crippen LogP contribution in [0, 0.1) is 6.92 Å². The predicted octanol–water partition coefficient (Wildman–Crippen LogP) is 2.29. The molecule has 1 atom stereocenters. The van der Waals surface area contributed by atoms with Crippen molar-refractivity contribution in [1.82, 2.24) is 14.9 Å². The maximum atomic E-state index is 5.71. The molecule has 1 aromatic heterocycles. The fourth-order valence-electron chi connectivity index (χ4n) is 2.15. The van der Waals surface area contributed by atoms with Gasteiger partial charge in [0.1, 0.15) is 17.5 Å². The Labute approximate surface area is 116 Å². The SMILES string of the molecule is CCN(CC)CCCC(C)Nc1cc(N)nc(C)n1. The highest BCUT2D eigenvalue weighted by molar-refractivity contribution is 5.44. The summed E-state index contributed by atoms with van der Waals surface area (Å²) in [6.07, 6.45) is 2.31. The third-order valence-electron chi connectivity index (χ3n) is 3.26. The fraction of sp³-hybridized carbons (Fsp3) is 0.714. The Morgan fingerprint density at radius 1 is 1.32 bits per heavy atom. The van der Waals surface area contributed by atoms with Crippen molar-refractivity contribution < 1.29 is 0 Å². The van der Waals surface area contributed by atoms with E-state index in [2.05, 4.69) is 41.0 Å². The third-order valence-corrected chi connectivity index (χ3v) is 3.26. The maximum absolute atomic E-state index is 5.71. The van der Waals surface area contributed by atoms with Crippen molar-refractivity contribution in [3.05, 3.63) is 11.9 Å². The van der Waals surface area contributed by atoms with Crippen molar-refractivity contribution >= 4 is 11.6 Å². The van der Waals surface area contributed by atoms with E-state index in [4.69, 9.17) is 5.73 Å². The first kappa shape index (κ1) is 15.7. The molecule has 0 aliphatic carbocycles. The molecule has 0 fully saturated rings. The Morgan fingerprint density at radius 3 is 2.58 bits per heavy atom. The lowest BCUT2D eigenvalue weighted by atomic mass is 10.1. The minimum Gasteiger partial charge on any atom is -0.384 e. The van der Waals surface area contributed by atoms with E-state index < -0.39 is 0 Å². The van der Waals surface area contributed by atoms with Gasteiger partial charge in [-0.3, -0.25) is 0 Å². The summed E-state index contributed by atoms with van der Waals surface area (Å²) in [6.45, 7) is 11.8. The Bertz CT molecular complexity index is 356. The van der Waals surface area contributed by atoms with Gasteiger partial charge in [-0.15, -0.1) is 0 Å². The summed E-state index contributed by atoms with van der Waals surface area (Å²) in [7, 11) is 0. The molecule has 108 valence electrons. The Hall–Kier alpha value is -1.36. The Balaban J connectivity index is 2.36. The van der Waals surface area contributed by atoms with Crippen LogP contribution in [-0.4, -0.2) is 40.5 Å². The van der Waals surface area contributed by atoms with Gasteiger partial charge in [0.25, 0.3) is 0 Å². The molecule has 3 N–H and O–H groups in total. The molecule has 0 radical (unpaired) electrons. The first-order valence-corrected chi connectivity index (χ1v) is 7.15. The van der Waals surface area contributed by atoms with Crippen LogP contribution in [0.3, 0.4) is 0 Å². The van der Waals surface area contributed by atoms with E-state index in [1.165, 1.54) is 6.42 Å². The van der Waals surface area contributed by atoms with Crippen molar-refractivity contribution in [2.75, 3.05) is 30.7 Å². The van der Waals surface area contributed by atoms with E-state index >= 15 is 0 Å². The number of anilines is 2. The van der Waals surface area contributed by atoms with Gasteiger partial charge >= 0.3 is 0 Å². The number of hydrogen-bond acceptors (Lipinski definition) is 5. The van der Waals surface area contributed by atoms with Crippen molar-refractivity contribution in [2.24, 2.45) is 0 Å². The number of nitrogens with zero attached hydrogens (tertiary/aromatic N) is 3. The topological polar surface area (TPSA) is 67.1 Å². The molecule has 0 aliphatic heterocycles. The van der Waals surface area contributed by atoms with Crippen LogP contribution in [0.15, 0.2) is 6.07 Å². The summed E-state index contributed by atoms with van der Waals surface area (Å²) in [6, 6.07) is 2.18. The van der Waals surface area contributed by atoms with Crippen molar-refractivity contribution in [2.45, 2.75) is 46.6 Å². The highest BCUT2D eigenvalue weighted by Crippen LogP contribution is 2.11. The maximum Gasteiger partial charge on any atom is 0.131 e. The lowest BCUT2D eigenvalue weighted by Gasteiger charge is -2.20. The number of nitrogen functional groups attached to an aromatic ring is 1. The van der Waals surface area contributed by atoms with E-state index in [0.717, 1.165) is 31.9 Å². The molecular formula is C14H27N5. The van der Waals surface area contributed by atoms with Crippen LogP contribution in [0.2, 0.25) is 0 Å². The molecule has 0 saturated carbocycles. The molecule has 5 nitrogen and oxygen atoms in total. The van der Waals surface area contributed by atoms with Crippen molar-refractivity contribution in [1.29, 1.82) is 0 Å². The minimum atomic E-state index is 0.393. The van der Waals surface area contributed by atoms with Gasteiger partial charge in [0.05, 0.1) is 0 Å². The summed E-state index contributed by atoms with van der Waals surface area (Å²) >= 11 is 0. The molecular weight excluding hydrogens is 238 g/mol. The van der Waals surface area contributed by atoms with Crippen LogP contribution in [-0.2, 0) is 0 Å². The second-order valence-electron chi connectivity index (χ2n) is 4.94. The molecule has 1 aromatic rings. The monoisotopic (exact) mass is 265 g/mol. The van der Waals surface area contributed by atoms with Gasteiger partial charge < -0.3 is 16.0 Å². The van der Waals surface area contributed by atoms with Crippen molar-refractivity contribution in [3.8, 4) is 0 Å². The first-order chi connectivity index (χ1) is 9.05. The predicted molar refractivity (Wildman–Crippen MR) is 81.3 cm³/mol. The molecule has 1 heterocycles. The standard InChI is InChI=1S/C14H27N5/c1-5-19(6-2)9-7-8-11(3)16-14-10-13(15)17-12(4)18-14/h10-11H,5-9H2,1-4H3,(H3,15,16,17,18). The van der Waals surface area contributed by atoms with Gasteiger partial charge in [0.2, 0.25) is 0 Å². The number of nitrogens with two attached hydrogens (primary N) is 1. The summed E-state index contributed by atoms with van der Waals surface area (Å²) in [5.41, 5.74) is 5.71. The molecule has 5 heteroatoms. The quantitative estimate of drug-likeness (QED) is 0.755. The zero-order valence-electron chi connectivity index (χ0n) is 12.6. The lowest BCUT2D eigenvalue weighted by Crippen LogP contribution is -2.25. The molecule has 0 saturated heterocycles. The summed E-state index contributed by atoms with van der Waals surface area (Å²) in [4.78, 5) is 10.8. The number of aryl methyl sites for hydroxylation is 1. The van der Waals surface area contributed by atoms with E-state index in [0.29, 0.717) is 17.7 Å². The van der Waals surface area contributed by atoms with Crippen molar-refractivity contribution in [3.63, 3.8) is 0 Å². The first-order valence-electron chi connectivity index (χ1n) is 7.15. The minimum absolute atomic E-state index is 0.393.